The zero-order valence-corrected chi connectivity index (χ0v) is 6.64. The molecule has 0 aromatic rings. The first-order valence-electron chi connectivity index (χ1n) is 2.12. The van der Waals surface area contributed by atoms with Crippen LogP contribution in [-0.2, 0) is 9.59 Å². The van der Waals surface area contributed by atoms with Gasteiger partial charge in [-0.15, -0.1) is 0 Å². The Kier molecular flexibility index (Phi) is 7.20. The quantitative estimate of drug-likeness (QED) is 0.389. The smallest absolute Gasteiger partial charge is 0.300 e. The molecule has 0 saturated carbocycles. The van der Waals surface area contributed by atoms with Gasteiger partial charge in [-0.1, -0.05) is 0 Å². The van der Waals surface area contributed by atoms with Gasteiger partial charge in [0.2, 0.25) is 0 Å². The van der Waals surface area contributed by atoms with Gasteiger partial charge < -0.3 is 0 Å². The maximum absolute atomic E-state index is 10.0. The number of ketones is 2. The maximum Gasteiger partial charge on any atom is 2.00 e. The minimum Gasteiger partial charge on any atom is -0.300 e. The van der Waals surface area contributed by atoms with Crippen LogP contribution in [0.5, 0.6) is 0 Å². The number of hydrogen-bond donors (Lipinski definition) is 0. The monoisotopic (exact) mass is 124 g/mol. The van der Waals surface area contributed by atoms with Gasteiger partial charge in [-0.2, -0.15) is 0 Å². The minimum atomic E-state index is -0.0625. The van der Waals surface area contributed by atoms with Crippen LogP contribution >= 0.6 is 0 Å². The van der Waals surface area contributed by atoms with Crippen LogP contribution in [0.1, 0.15) is 20.3 Å². The summed E-state index contributed by atoms with van der Waals surface area (Å²) in [7, 11) is 0. The summed E-state index contributed by atoms with van der Waals surface area (Å²) in [5.74, 6) is -0.125. The molecule has 0 aliphatic heterocycles. The standard InChI is InChI=1S/C5H8O2.Mg/c1-4(6)3-5(2)7;/h3H2,1-2H3;/q;+2. The third kappa shape index (κ3) is 9.44. The molecule has 0 radical (unpaired) electrons. The fourth-order valence-electron chi connectivity index (χ4n) is 0.351. The predicted octanol–water partition coefficient (Wildman–Crippen LogP) is 0.174. The summed E-state index contributed by atoms with van der Waals surface area (Å²) in [4.78, 5) is 20.1. The van der Waals surface area contributed by atoms with Gasteiger partial charge in [-0.25, -0.2) is 0 Å². The fraction of sp³-hybridized carbons (Fsp3) is 0.600. The average Bonchev–Trinajstić information content (AvgIpc) is 1.27. The molecule has 0 N–H and O–H groups in total. The topological polar surface area (TPSA) is 34.1 Å². The Morgan fingerprint density at radius 3 is 1.38 bits per heavy atom. The van der Waals surface area contributed by atoms with Crippen molar-refractivity contribution in [2.24, 2.45) is 0 Å². The molecule has 0 amide bonds. The molecule has 0 aliphatic rings. The van der Waals surface area contributed by atoms with Crippen LogP contribution in [0.15, 0.2) is 0 Å². The number of carbonyl (C=O) groups is 2. The summed E-state index contributed by atoms with van der Waals surface area (Å²) in [6.07, 6.45) is 0.0833. The minimum absolute atomic E-state index is 0. The van der Waals surface area contributed by atoms with E-state index in [9.17, 15) is 9.59 Å². The van der Waals surface area contributed by atoms with E-state index in [1.54, 1.807) is 0 Å². The Balaban J connectivity index is 0. The molecule has 8 heavy (non-hydrogen) atoms. The van der Waals surface area contributed by atoms with Crippen LogP contribution in [0.25, 0.3) is 0 Å². The molecule has 0 aromatic carbocycles. The normalized spacial score (nSPS) is 7.25. The second kappa shape index (κ2) is 5.25. The van der Waals surface area contributed by atoms with E-state index in [1.165, 1.54) is 13.8 Å². The van der Waals surface area contributed by atoms with Crippen molar-refractivity contribution in [2.75, 3.05) is 0 Å². The number of rotatable bonds is 2. The van der Waals surface area contributed by atoms with Gasteiger partial charge in [0.15, 0.2) is 0 Å². The maximum atomic E-state index is 10.0. The van der Waals surface area contributed by atoms with Gasteiger partial charge in [0.25, 0.3) is 0 Å². The molecule has 40 valence electrons. The molecule has 0 heterocycles. The molecule has 0 bridgehead atoms. The molecule has 0 atom stereocenters. The summed E-state index contributed by atoms with van der Waals surface area (Å²) in [5.41, 5.74) is 0. The van der Waals surface area contributed by atoms with Gasteiger partial charge in [-0.3, -0.25) is 9.59 Å². The van der Waals surface area contributed by atoms with Crippen molar-refractivity contribution >= 4 is 34.6 Å². The molecule has 0 spiro atoms. The third-order valence-electron chi connectivity index (χ3n) is 0.498. The molecule has 0 saturated heterocycles. The van der Waals surface area contributed by atoms with Crippen LogP contribution in [0, 0.1) is 0 Å². The third-order valence-corrected chi connectivity index (χ3v) is 0.498. The molecule has 0 unspecified atom stereocenters. The summed E-state index contributed by atoms with van der Waals surface area (Å²) in [6.45, 7) is 2.81. The Hall–Kier alpha value is 0.106. The molecular weight excluding hydrogens is 116 g/mol. The average molecular weight is 124 g/mol. The second-order valence-corrected chi connectivity index (χ2v) is 1.58. The molecule has 0 rings (SSSR count). The van der Waals surface area contributed by atoms with Gasteiger partial charge in [0.05, 0.1) is 6.42 Å². The van der Waals surface area contributed by atoms with Gasteiger partial charge >= 0.3 is 23.1 Å². The van der Waals surface area contributed by atoms with Crippen molar-refractivity contribution in [1.29, 1.82) is 0 Å². The van der Waals surface area contributed by atoms with E-state index in [2.05, 4.69) is 0 Å². The van der Waals surface area contributed by atoms with Crippen molar-refractivity contribution in [3.05, 3.63) is 0 Å². The van der Waals surface area contributed by atoms with E-state index in [4.69, 9.17) is 0 Å². The van der Waals surface area contributed by atoms with Crippen molar-refractivity contribution < 1.29 is 9.59 Å². The van der Waals surface area contributed by atoms with Crippen molar-refractivity contribution in [3.63, 3.8) is 0 Å². The number of carbonyl (C=O) groups excluding carboxylic acids is 2. The first-order valence-corrected chi connectivity index (χ1v) is 2.12. The van der Waals surface area contributed by atoms with E-state index < -0.39 is 0 Å². The van der Waals surface area contributed by atoms with Crippen LogP contribution in [0.4, 0.5) is 0 Å². The molecule has 2 nitrogen and oxygen atoms in total. The van der Waals surface area contributed by atoms with E-state index in [0.717, 1.165) is 0 Å². The largest absolute Gasteiger partial charge is 2.00 e. The molecule has 3 heteroatoms. The molecule has 0 aromatic heterocycles. The Bertz CT molecular complexity index is 86.6. The summed E-state index contributed by atoms with van der Waals surface area (Å²) in [6, 6.07) is 0. The first-order chi connectivity index (χ1) is 3.13. The summed E-state index contributed by atoms with van der Waals surface area (Å²) < 4.78 is 0. The first kappa shape index (κ1) is 11.0. The predicted molar refractivity (Wildman–Crippen MR) is 31.7 cm³/mol. The van der Waals surface area contributed by atoms with Crippen LogP contribution in [-0.4, -0.2) is 34.6 Å². The van der Waals surface area contributed by atoms with Crippen LogP contribution in [0.3, 0.4) is 0 Å². The summed E-state index contributed by atoms with van der Waals surface area (Å²) in [5, 5.41) is 0. The van der Waals surface area contributed by atoms with E-state index >= 15 is 0 Å². The van der Waals surface area contributed by atoms with Crippen molar-refractivity contribution in [1.82, 2.24) is 0 Å². The fourth-order valence-corrected chi connectivity index (χ4v) is 0.351. The summed E-state index contributed by atoms with van der Waals surface area (Å²) >= 11 is 0. The molecular formula is C5H8MgO2+2. The molecule has 0 aliphatic carbocycles. The van der Waals surface area contributed by atoms with E-state index in [0.29, 0.717) is 0 Å². The Morgan fingerprint density at radius 1 is 1.12 bits per heavy atom. The van der Waals surface area contributed by atoms with Crippen LogP contribution < -0.4 is 0 Å². The van der Waals surface area contributed by atoms with Crippen LogP contribution in [0.2, 0.25) is 0 Å². The number of Topliss-reactive ketones (excluding diaryl/α,β-unsaturated/α-hetero) is 2. The SMILES string of the molecule is CC(=O)CC(C)=O.[Mg+2]. The van der Waals surface area contributed by atoms with Crippen molar-refractivity contribution in [2.45, 2.75) is 20.3 Å². The van der Waals surface area contributed by atoms with Gasteiger partial charge in [-0.05, 0) is 13.8 Å². The second-order valence-electron chi connectivity index (χ2n) is 1.58. The number of hydrogen-bond acceptors (Lipinski definition) is 2. The van der Waals surface area contributed by atoms with Gasteiger partial charge in [0.1, 0.15) is 11.6 Å². The zero-order chi connectivity index (χ0) is 5.86. The van der Waals surface area contributed by atoms with Crippen molar-refractivity contribution in [3.8, 4) is 0 Å². The molecule has 0 fully saturated rings. The van der Waals surface area contributed by atoms with E-state index in [-0.39, 0.29) is 41.0 Å². The Morgan fingerprint density at radius 2 is 1.38 bits per heavy atom. The van der Waals surface area contributed by atoms with Gasteiger partial charge in [0, 0.05) is 0 Å². The van der Waals surface area contributed by atoms with E-state index in [1.807, 2.05) is 0 Å². The zero-order valence-electron chi connectivity index (χ0n) is 5.23. The Labute approximate surface area is 64.8 Å².